The maximum Gasteiger partial charge on any atom is 0.119 e. The standard InChI is InChI=1S/C10H22N2O2/c11-10(12)7-2-1-5-9(14)6-3-4-8-13/h8-10,14H,1-7,11-12H2. The number of aliphatic hydroxyl groups is 1. The van der Waals surface area contributed by atoms with Crippen molar-refractivity contribution < 1.29 is 9.90 Å². The summed E-state index contributed by atoms with van der Waals surface area (Å²) in [5, 5.41) is 9.46. The zero-order valence-corrected chi connectivity index (χ0v) is 8.69. The normalized spacial score (nSPS) is 13.1. The lowest BCUT2D eigenvalue weighted by atomic mass is 10.0. The molecule has 0 aromatic carbocycles. The van der Waals surface area contributed by atoms with Gasteiger partial charge >= 0.3 is 0 Å². The van der Waals surface area contributed by atoms with Crippen molar-refractivity contribution in [3.05, 3.63) is 0 Å². The van der Waals surface area contributed by atoms with Crippen LogP contribution < -0.4 is 11.5 Å². The van der Waals surface area contributed by atoms with E-state index in [1.807, 2.05) is 0 Å². The van der Waals surface area contributed by atoms with Gasteiger partial charge < -0.3 is 21.4 Å². The highest BCUT2D eigenvalue weighted by Crippen LogP contribution is 2.09. The van der Waals surface area contributed by atoms with Gasteiger partial charge in [-0.05, 0) is 25.7 Å². The molecule has 14 heavy (non-hydrogen) atoms. The highest BCUT2D eigenvalue weighted by atomic mass is 16.3. The minimum atomic E-state index is -0.274. The minimum absolute atomic E-state index is 0.234. The number of carbonyl (C=O) groups is 1. The fraction of sp³-hybridized carbons (Fsp3) is 0.900. The summed E-state index contributed by atoms with van der Waals surface area (Å²) in [6, 6.07) is 0. The molecule has 1 atom stereocenters. The topological polar surface area (TPSA) is 89.3 Å². The van der Waals surface area contributed by atoms with Gasteiger partial charge in [-0.15, -0.1) is 0 Å². The van der Waals surface area contributed by atoms with E-state index in [1.54, 1.807) is 0 Å². The van der Waals surface area contributed by atoms with Crippen LogP contribution in [0.2, 0.25) is 0 Å². The number of carbonyl (C=O) groups excluding carboxylic acids is 1. The molecule has 0 spiro atoms. The Kier molecular flexibility index (Phi) is 8.83. The zero-order valence-electron chi connectivity index (χ0n) is 8.69. The number of aliphatic hydroxyl groups excluding tert-OH is 1. The maximum absolute atomic E-state index is 10.0. The molecule has 0 amide bonds. The van der Waals surface area contributed by atoms with Crippen LogP contribution in [0.1, 0.15) is 44.9 Å². The highest BCUT2D eigenvalue weighted by Gasteiger charge is 2.03. The van der Waals surface area contributed by atoms with Crippen molar-refractivity contribution in [3.63, 3.8) is 0 Å². The monoisotopic (exact) mass is 202 g/mol. The molecule has 0 saturated heterocycles. The van der Waals surface area contributed by atoms with Crippen molar-refractivity contribution in [3.8, 4) is 0 Å². The summed E-state index contributed by atoms with van der Waals surface area (Å²) in [4.78, 5) is 10.0. The van der Waals surface area contributed by atoms with Crippen molar-refractivity contribution in [1.82, 2.24) is 0 Å². The Balaban J connectivity index is 3.17. The molecule has 0 aliphatic rings. The van der Waals surface area contributed by atoms with E-state index in [2.05, 4.69) is 0 Å². The van der Waals surface area contributed by atoms with Gasteiger partial charge in [0.25, 0.3) is 0 Å². The number of unbranched alkanes of at least 4 members (excludes halogenated alkanes) is 2. The number of nitrogens with two attached hydrogens (primary N) is 2. The van der Waals surface area contributed by atoms with Gasteiger partial charge in [0.15, 0.2) is 0 Å². The van der Waals surface area contributed by atoms with Crippen LogP contribution >= 0.6 is 0 Å². The summed E-state index contributed by atoms with van der Waals surface area (Å²) < 4.78 is 0. The van der Waals surface area contributed by atoms with Crippen LogP contribution in [-0.2, 0) is 4.79 Å². The minimum Gasteiger partial charge on any atom is -0.393 e. The third-order valence-corrected chi connectivity index (χ3v) is 2.18. The van der Waals surface area contributed by atoms with E-state index in [0.717, 1.165) is 38.4 Å². The SMILES string of the molecule is NC(N)CCCCC(O)CCCC=O. The summed E-state index contributed by atoms with van der Waals surface area (Å²) in [7, 11) is 0. The highest BCUT2D eigenvalue weighted by molar-refractivity contribution is 5.48. The van der Waals surface area contributed by atoms with Crippen LogP contribution in [0.15, 0.2) is 0 Å². The van der Waals surface area contributed by atoms with Crippen LogP contribution in [0, 0.1) is 0 Å². The largest absolute Gasteiger partial charge is 0.393 e. The quantitative estimate of drug-likeness (QED) is 0.289. The van der Waals surface area contributed by atoms with Crippen molar-refractivity contribution in [2.24, 2.45) is 11.5 Å². The smallest absolute Gasteiger partial charge is 0.119 e. The molecule has 0 saturated carbocycles. The van der Waals surface area contributed by atoms with E-state index in [9.17, 15) is 9.90 Å². The Hall–Kier alpha value is -0.450. The van der Waals surface area contributed by atoms with Gasteiger partial charge in [0, 0.05) is 6.42 Å². The molecule has 0 bridgehead atoms. The predicted molar refractivity (Wildman–Crippen MR) is 56.6 cm³/mol. The summed E-state index contributed by atoms with van der Waals surface area (Å²) >= 11 is 0. The van der Waals surface area contributed by atoms with Crippen molar-refractivity contribution >= 4 is 6.29 Å². The van der Waals surface area contributed by atoms with Gasteiger partial charge in [0.05, 0.1) is 12.3 Å². The Morgan fingerprint density at radius 1 is 1.07 bits per heavy atom. The molecule has 0 aliphatic heterocycles. The van der Waals surface area contributed by atoms with Gasteiger partial charge in [-0.1, -0.05) is 12.8 Å². The van der Waals surface area contributed by atoms with Crippen LogP contribution in [0.25, 0.3) is 0 Å². The predicted octanol–water partition coefficient (Wildman–Crippen LogP) is 0.520. The Labute approximate surface area is 85.7 Å². The lowest BCUT2D eigenvalue weighted by Gasteiger charge is -2.09. The van der Waals surface area contributed by atoms with E-state index >= 15 is 0 Å². The van der Waals surface area contributed by atoms with Crippen molar-refractivity contribution in [2.75, 3.05) is 0 Å². The third kappa shape index (κ3) is 9.64. The maximum atomic E-state index is 10.0. The molecule has 4 heteroatoms. The molecule has 0 radical (unpaired) electrons. The molecule has 0 aliphatic carbocycles. The van der Waals surface area contributed by atoms with E-state index in [1.165, 1.54) is 0 Å². The molecule has 0 aromatic rings. The lowest BCUT2D eigenvalue weighted by molar-refractivity contribution is -0.108. The summed E-state index contributed by atoms with van der Waals surface area (Å²) in [5.74, 6) is 0. The van der Waals surface area contributed by atoms with Gasteiger partial charge in [0.1, 0.15) is 6.29 Å². The first-order chi connectivity index (χ1) is 6.66. The molecule has 0 heterocycles. The molecular weight excluding hydrogens is 180 g/mol. The summed E-state index contributed by atoms with van der Waals surface area (Å²) in [5.41, 5.74) is 10.8. The van der Waals surface area contributed by atoms with Crippen LogP contribution in [0.3, 0.4) is 0 Å². The average Bonchev–Trinajstić information content (AvgIpc) is 2.13. The second-order valence-corrected chi connectivity index (χ2v) is 3.70. The Morgan fingerprint density at radius 2 is 1.64 bits per heavy atom. The summed E-state index contributed by atoms with van der Waals surface area (Å²) in [6.07, 6.45) is 5.92. The molecule has 0 rings (SSSR count). The second-order valence-electron chi connectivity index (χ2n) is 3.70. The molecule has 0 aromatic heterocycles. The molecule has 84 valence electrons. The third-order valence-electron chi connectivity index (χ3n) is 2.18. The van der Waals surface area contributed by atoms with Crippen molar-refractivity contribution in [2.45, 2.75) is 57.2 Å². The number of hydrogen-bond donors (Lipinski definition) is 3. The first-order valence-electron chi connectivity index (χ1n) is 5.29. The van der Waals surface area contributed by atoms with Gasteiger partial charge in [-0.25, -0.2) is 0 Å². The molecule has 4 nitrogen and oxygen atoms in total. The number of aldehydes is 1. The van der Waals surface area contributed by atoms with Crippen LogP contribution in [0.5, 0.6) is 0 Å². The van der Waals surface area contributed by atoms with Gasteiger partial charge in [-0.2, -0.15) is 0 Å². The lowest BCUT2D eigenvalue weighted by Crippen LogP contribution is -2.29. The molecular formula is C10H22N2O2. The molecule has 1 unspecified atom stereocenters. The zero-order chi connectivity index (χ0) is 10.8. The van der Waals surface area contributed by atoms with E-state index in [4.69, 9.17) is 11.5 Å². The van der Waals surface area contributed by atoms with Crippen molar-refractivity contribution in [1.29, 1.82) is 0 Å². The first-order valence-corrected chi connectivity index (χ1v) is 5.29. The fourth-order valence-electron chi connectivity index (χ4n) is 1.34. The number of rotatable bonds is 9. The first kappa shape index (κ1) is 13.5. The summed E-state index contributed by atoms with van der Waals surface area (Å²) in [6.45, 7) is 0. The number of hydrogen-bond acceptors (Lipinski definition) is 4. The van der Waals surface area contributed by atoms with E-state index in [-0.39, 0.29) is 12.3 Å². The Bertz CT molecular complexity index is 140. The van der Waals surface area contributed by atoms with Crippen LogP contribution in [-0.4, -0.2) is 23.7 Å². The molecule has 0 fully saturated rings. The van der Waals surface area contributed by atoms with Gasteiger partial charge in [0.2, 0.25) is 0 Å². The van der Waals surface area contributed by atoms with E-state index in [0.29, 0.717) is 12.8 Å². The second kappa shape index (κ2) is 9.12. The van der Waals surface area contributed by atoms with E-state index < -0.39 is 0 Å². The van der Waals surface area contributed by atoms with Gasteiger partial charge in [-0.3, -0.25) is 0 Å². The van der Waals surface area contributed by atoms with Crippen LogP contribution in [0.4, 0.5) is 0 Å². The Morgan fingerprint density at radius 3 is 2.21 bits per heavy atom. The fourth-order valence-corrected chi connectivity index (χ4v) is 1.34. The average molecular weight is 202 g/mol. The molecule has 5 N–H and O–H groups in total.